The molecule has 0 aromatic heterocycles. The number of amides is 1. The van der Waals surface area contributed by atoms with Gasteiger partial charge >= 0.3 is 0 Å². The monoisotopic (exact) mass is 223 g/mol. The van der Waals surface area contributed by atoms with Crippen molar-refractivity contribution >= 4 is 16.0 Å². The van der Waals surface area contributed by atoms with Gasteiger partial charge in [0.15, 0.2) is 6.10 Å². The van der Waals surface area contributed by atoms with Gasteiger partial charge in [0, 0.05) is 13.1 Å². The van der Waals surface area contributed by atoms with Crippen molar-refractivity contribution in [3.05, 3.63) is 0 Å². The summed E-state index contributed by atoms with van der Waals surface area (Å²) in [5.74, 6) is -0.305. The molecule has 1 amide bonds. The predicted octanol–water partition coefficient (Wildman–Crippen LogP) is 0.219. The summed E-state index contributed by atoms with van der Waals surface area (Å²) in [5, 5.41) is 0. The molecule has 84 valence electrons. The van der Waals surface area contributed by atoms with Crippen molar-refractivity contribution in [2.45, 2.75) is 26.9 Å². The molecule has 0 aromatic carbocycles. The van der Waals surface area contributed by atoms with Crippen LogP contribution in [0.5, 0.6) is 0 Å². The minimum absolute atomic E-state index is 0.305. The molecule has 6 heteroatoms. The first-order valence-electron chi connectivity index (χ1n) is 4.48. The zero-order chi connectivity index (χ0) is 11.4. The zero-order valence-electron chi connectivity index (χ0n) is 8.98. The molecule has 0 radical (unpaired) electrons. The smallest absolute Gasteiger partial charge is 0.265 e. The Morgan fingerprint density at radius 1 is 1.36 bits per heavy atom. The second-order valence-corrected chi connectivity index (χ2v) is 4.55. The highest BCUT2D eigenvalue weighted by Crippen LogP contribution is 2.02. The van der Waals surface area contributed by atoms with Crippen molar-refractivity contribution in [2.24, 2.45) is 0 Å². The highest BCUT2D eigenvalue weighted by atomic mass is 32.2. The minimum atomic E-state index is -3.57. The molecule has 1 atom stereocenters. The Morgan fingerprint density at radius 3 is 2.07 bits per heavy atom. The molecular weight excluding hydrogens is 206 g/mol. The molecule has 0 aliphatic rings. The van der Waals surface area contributed by atoms with Gasteiger partial charge in [0.05, 0.1) is 6.26 Å². The quantitative estimate of drug-likeness (QED) is 0.625. The molecule has 0 bridgehead atoms. The van der Waals surface area contributed by atoms with Crippen LogP contribution in [0.15, 0.2) is 0 Å². The standard InChI is InChI=1S/C8H17NO4S/c1-5-9(6-2)8(10)7(3)13-14(4,11)12/h7H,5-6H2,1-4H3. The Morgan fingerprint density at radius 2 is 1.79 bits per heavy atom. The van der Waals surface area contributed by atoms with Gasteiger partial charge < -0.3 is 4.90 Å². The molecule has 14 heavy (non-hydrogen) atoms. The van der Waals surface area contributed by atoms with E-state index in [4.69, 9.17) is 0 Å². The lowest BCUT2D eigenvalue weighted by molar-refractivity contribution is -0.137. The molecular formula is C8H17NO4S. The van der Waals surface area contributed by atoms with E-state index in [1.807, 2.05) is 13.8 Å². The summed E-state index contributed by atoms with van der Waals surface area (Å²) in [6.07, 6.45) is -0.0103. The van der Waals surface area contributed by atoms with E-state index in [1.165, 1.54) is 11.8 Å². The van der Waals surface area contributed by atoms with Crippen LogP contribution in [-0.4, -0.2) is 44.7 Å². The maximum atomic E-state index is 11.5. The summed E-state index contributed by atoms with van der Waals surface area (Å²) in [6, 6.07) is 0. The number of hydrogen-bond donors (Lipinski definition) is 0. The minimum Gasteiger partial charge on any atom is -0.341 e. The molecule has 0 rings (SSSR count). The van der Waals surface area contributed by atoms with Gasteiger partial charge in [-0.1, -0.05) is 0 Å². The second-order valence-electron chi connectivity index (χ2n) is 2.95. The summed E-state index contributed by atoms with van der Waals surface area (Å²) < 4.78 is 26.1. The molecule has 0 aromatic rings. The third kappa shape index (κ3) is 4.57. The van der Waals surface area contributed by atoms with Crippen molar-refractivity contribution in [1.82, 2.24) is 4.90 Å². The summed E-state index contributed by atoms with van der Waals surface area (Å²) in [5.41, 5.74) is 0. The average molecular weight is 223 g/mol. The van der Waals surface area contributed by atoms with Gasteiger partial charge in [0.1, 0.15) is 0 Å². The fourth-order valence-electron chi connectivity index (χ4n) is 1.10. The Balaban J connectivity index is 4.39. The van der Waals surface area contributed by atoms with Crippen molar-refractivity contribution in [1.29, 1.82) is 0 Å². The third-order valence-electron chi connectivity index (χ3n) is 1.74. The van der Waals surface area contributed by atoms with Gasteiger partial charge in [0.2, 0.25) is 0 Å². The first-order chi connectivity index (χ1) is 6.31. The van der Waals surface area contributed by atoms with Crippen LogP contribution >= 0.6 is 0 Å². The fourth-order valence-corrected chi connectivity index (χ4v) is 1.70. The molecule has 0 heterocycles. The van der Waals surface area contributed by atoms with E-state index >= 15 is 0 Å². The maximum Gasteiger partial charge on any atom is 0.265 e. The van der Waals surface area contributed by atoms with Crippen molar-refractivity contribution in [2.75, 3.05) is 19.3 Å². The summed E-state index contributed by atoms with van der Waals surface area (Å²) in [7, 11) is -3.57. The Bertz CT molecular complexity index is 282. The van der Waals surface area contributed by atoms with E-state index in [0.717, 1.165) is 6.26 Å². The van der Waals surface area contributed by atoms with Crippen LogP contribution < -0.4 is 0 Å². The lowest BCUT2D eigenvalue weighted by atomic mass is 10.3. The predicted molar refractivity (Wildman–Crippen MR) is 53.3 cm³/mol. The average Bonchev–Trinajstić information content (AvgIpc) is 2.03. The van der Waals surface area contributed by atoms with Crippen LogP contribution in [0.2, 0.25) is 0 Å². The van der Waals surface area contributed by atoms with Crippen LogP contribution in [-0.2, 0) is 19.1 Å². The molecule has 1 unspecified atom stereocenters. The van der Waals surface area contributed by atoms with E-state index in [1.54, 1.807) is 0 Å². The number of carbonyl (C=O) groups is 1. The Hall–Kier alpha value is -0.620. The first kappa shape index (κ1) is 13.4. The van der Waals surface area contributed by atoms with Gasteiger partial charge in [-0.15, -0.1) is 0 Å². The number of nitrogens with zero attached hydrogens (tertiary/aromatic N) is 1. The molecule has 0 N–H and O–H groups in total. The Kier molecular flexibility index (Phi) is 5.07. The van der Waals surface area contributed by atoms with E-state index < -0.39 is 16.2 Å². The summed E-state index contributed by atoms with van der Waals surface area (Å²) >= 11 is 0. The van der Waals surface area contributed by atoms with E-state index in [0.29, 0.717) is 13.1 Å². The van der Waals surface area contributed by atoms with E-state index in [2.05, 4.69) is 4.18 Å². The van der Waals surface area contributed by atoms with E-state index in [-0.39, 0.29) is 5.91 Å². The molecule has 0 fully saturated rings. The highest BCUT2D eigenvalue weighted by molar-refractivity contribution is 7.86. The van der Waals surface area contributed by atoms with Crippen molar-refractivity contribution in [3.63, 3.8) is 0 Å². The highest BCUT2D eigenvalue weighted by Gasteiger charge is 2.22. The first-order valence-corrected chi connectivity index (χ1v) is 6.30. The second kappa shape index (κ2) is 5.31. The van der Waals surface area contributed by atoms with Gasteiger partial charge in [0.25, 0.3) is 16.0 Å². The van der Waals surface area contributed by atoms with E-state index in [9.17, 15) is 13.2 Å². The van der Waals surface area contributed by atoms with Crippen LogP contribution in [0.4, 0.5) is 0 Å². The van der Waals surface area contributed by atoms with Gasteiger partial charge in [-0.2, -0.15) is 8.42 Å². The normalized spacial score (nSPS) is 13.7. The van der Waals surface area contributed by atoms with Crippen LogP contribution in [0.3, 0.4) is 0 Å². The third-order valence-corrected chi connectivity index (χ3v) is 2.38. The van der Waals surface area contributed by atoms with Crippen molar-refractivity contribution in [3.8, 4) is 0 Å². The molecule has 0 saturated heterocycles. The number of likely N-dealkylation sites (N-methyl/N-ethyl adjacent to an activating group) is 1. The molecule has 0 saturated carbocycles. The van der Waals surface area contributed by atoms with Crippen LogP contribution in [0, 0.1) is 0 Å². The van der Waals surface area contributed by atoms with Gasteiger partial charge in [-0.3, -0.25) is 8.98 Å². The largest absolute Gasteiger partial charge is 0.341 e. The fraction of sp³-hybridized carbons (Fsp3) is 0.875. The Labute approximate surface area is 85.2 Å². The number of rotatable bonds is 5. The number of hydrogen-bond acceptors (Lipinski definition) is 4. The van der Waals surface area contributed by atoms with Crippen LogP contribution in [0.25, 0.3) is 0 Å². The van der Waals surface area contributed by atoms with Gasteiger partial charge in [-0.25, -0.2) is 0 Å². The molecule has 5 nitrogen and oxygen atoms in total. The molecule has 0 aliphatic heterocycles. The molecule has 0 spiro atoms. The maximum absolute atomic E-state index is 11.5. The summed E-state index contributed by atoms with van der Waals surface area (Å²) in [4.78, 5) is 13.0. The van der Waals surface area contributed by atoms with Crippen molar-refractivity contribution < 1.29 is 17.4 Å². The topological polar surface area (TPSA) is 63.7 Å². The van der Waals surface area contributed by atoms with Crippen LogP contribution in [0.1, 0.15) is 20.8 Å². The summed E-state index contributed by atoms with van der Waals surface area (Å²) in [6.45, 7) is 6.18. The zero-order valence-corrected chi connectivity index (χ0v) is 9.80. The lowest BCUT2D eigenvalue weighted by Gasteiger charge is -2.21. The molecule has 0 aliphatic carbocycles. The van der Waals surface area contributed by atoms with Gasteiger partial charge in [-0.05, 0) is 20.8 Å². The SMILES string of the molecule is CCN(CC)C(=O)C(C)OS(C)(=O)=O. The number of carbonyl (C=O) groups excluding carboxylic acids is 1. The lowest BCUT2D eigenvalue weighted by Crippen LogP contribution is -2.39.